The number of hydrazone groups is 1. The van der Waals surface area contributed by atoms with Crippen molar-refractivity contribution in [2.45, 2.75) is 0 Å². The first kappa shape index (κ1) is 14.1. The average Bonchev–Trinajstić information content (AvgIpc) is 3.11. The lowest BCUT2D eigenvalue weighted by molar-refractivity contribution is 0.174. The molecule has 0 radical (unpaired) electrons. The maximum atomic E-state index is 5.33. The van der Waals surface area contributed by atoms with E-state index in [0.29, 0.717) is 11.7 Å². The molecule has 0 saturated carbocycles. The van der Waals surface area contributed by atoms with E-state index in [-0.39, 0.29) is 6.79 Å². The number of ether oxygens (including phenoxy) is 2. The summed E-state index contributed by atoms with van der Waals surface area (Å²) in [6.45, 7) is 0.250. The van der Waals surface area contributed by atoms with E-state index in [1.165, 1.54) is 0 Å². The fourth-order valence-corrected chi connectivity index (χ4v) is 2.26. The van der Waals surface area contributed by atoms with Gasteiger partial charge in [-0.3, -0.25) is 0 Å². The van der Waals surface area contributed by atoms with Crippen LogP contribution in [0.3, 0.4) is 0 Å². The van der Waals surface area contributed by atoms with Gasteiger partial charge in [-0.25, -0.2) is 10.4 Å². The highest BCUT2D eigenvalue weighted by Gasteiger charge is 2.12. The first-order valence-electron chi connectivity index (χ1n) is 7.32. The van der Waals surface area contributed by atoms with Crippen molar-refractivity contribution in [3.63, 3.8) is 0 Å². The minimum absolute atomic E-state index is 0.250. The number of benzene rings is 2. The van der Waals surface area contributed by atoms with Gasteiger partial charge < -0.3 is 9.47 Å². The third-order valence-corrected chi connectivity index (χ3v) is 3.40. The highest BCUT2D eigenvalue weighted by molar-refractivity contribution is 5.81. The fraction of sp³-hybridized carbons (Fsp3) is 0.0588. The molecule has 0 bridgehead atoms. The Morgan fingerprint density at radius 3 is 2.83 bits per heavy atom. The predicted molar refractivity (Wildman–Crippen MR) is 89.0 cm³/mol. The summed E-state index contributed by atoms with van der Waals surface area (Å²) in [5.41, 5.74) is 5.35. The van der Waals surface area contributed by atoms with E-state index in [2.05, 4.69) is 25.7 Å². The second kappa shape index (κ2) is 6.33. The van der Waals surface area contributed by atoms with Crippen molar-refractivity contribution in [3.8, 4) is 22.8 Å². The molecule has 7 heteroatoms. The van der Waals surface area contributed by atoms with Gasteiger partial charge in [0.1, 0.15) is 0 Å². The Morgan fingerprint density at radius 1 is 1.04 bits per heavy atom. The van der Waals surface area contributed by atoms with Crippen molar-refractivity contribution < 1.29 is 9.47 Å². The molecule has 1 aliphatic rings. The van der Waals surface area contributed by atoms with Crippen molar-refractivity contribution in [1.29, 1.82) is 0 Å². The summed E-state index contributed by atoms with van der Waals surface area (Å²) in [6.07, 6.45) is 3.27. The van der Waals surface area contributed by atoms with Crippen LogP contribution in [0.5, 0.6) is 11.5 Å². The van der Waals surface area contributed by atoms with Crippen LogP contribution >= 0.6 is 0 Å². The van der Waals surface area contributed by atoms with Crippen LogP contribution in [-0.2, 0) is 0 Å². The summed E-state index contributed by atoms with van der Waals surface area (Å²) in [4.78, 5) is 4.39. The Balaban J connectivity index is 1.48. The van der Waals surface area contributed by atoms with Gasteiger partial charge in [0.05, 0.1) is 18.1 Å². The second-order valence-corrected chi connectivity index (χ2v) is 5.01. The van der Waals surface area contributed by atoms with E-state index >= 15 is 0 Å². The summed E-state index contributed by atoms with van der Waals surface area (Å²) in [7, 11) is 0. The molecule has 1 aromatic heterocycles. The molecule has 24 heavy (non-hydrogen) atoms. The van der Waals surface area contributed by atoms with Crippen molar-refractivity contribution in [2.75, 3.05) is 12.2 Å². The molecule has 0 aliphatic carbocycles. The molecular formula is C17H13N5O2. The highest BCUT2D eigenvalue weighted by atomic mass is 16.7. The summed E-state index contributed by atoms with van der Waals surface area (Å²) < 4.78 is 10.6. The summed E-state index contributed by atoms with van der Waals surface area (Å²) in [5.74, 6) is 1.78. The number of anilines is 1. The van der Waals surface area contributed by atoms with Crippen LogP contribution < -0.4 is 14.9 Å². The molecule has 0 fully saturated rings. The molecule has 2 aromatic carbocycles. The molecule has 0 unspecified atom stereocenters. The Hall–Kier alpha value is -3.48. The molecule has 0 saturated heterocycles. The van der Waals surface area contributed by atoms with Crippen LogP contribution in [0.1, 0.15) is 5.56 Å². The van der Waals surface area contributed by atoms with Gasteiger partial charge in [0.15, 0.2) is 11.5 Å². The molecule has 3 aromatic rings. The number of aromatic nitrogens is 3. The Labute approximate surface area is 138 Å². The predicted octanol–water partition coefficient (Wildman–Crippen LogP) is 2.71. The van der Waals surface area contributed by atoms with Crippen molar-refractivity contribution >= 4 is 12.2 Å². The lowest BCUT2D eigenvalue weighted by Crippen LogP contribution is -1.99. The Morgan fingerprint density at radius 2 is 1.92 bits per heavy atom. The minimum Gasteiger partial charge on any atom is -0.454 e. The lowest BCUT2D eigenvalue weighted by Gasteiger charge is -2.02. The number of nitrogens with one attached hydrogen (secondary N) is 1. The maximum Gasteiger partial charge on any atom is 0.263 e. The van der Waals surface area contributed by atoms with E-state index in [1.54, 1.807) is 12.4 Å². The second-order valence-electron chi connectivity index (χ2n) is 5.01. The molecule has 1 aliphatic heterocycles. The van der Waals surface area contributed by atoms with E-state index in [4.69, 9.17) is 9.47 Å². The quantitative estimate of drug-likeness (QED) is 0.588. The highest BCUT2D eigenvalue weighted by Crippen LogP contribution is 2.31. The molecule has 7 nitrogen and oxygen atoms in total. The number of fused-ring (bicyclic) bond motifs is 1. The van der Waals surface area contributed by atoms with Crippen molar-refractivity contribution in [1.82, 2.24) is 15.2 Å². The third-order valence-electron chi connectivity index (χ3n) is 3.40. The lowest BCUT2D eigenvalue weighted by atomic mass is 10.2. The van der Waals surface area contributed by atoms with Gasteiger partial charge in [0, 0.05) is 5.56 Å². The van der Waals surface area contributed by atoms with Gasteiger partial charge in [-0.15, -0.1) is 5.10 Å². The normalized spacial score (nSPS) is 12.5. The van der Waals surface area contributed by atoms with Gasteiger partial charge >= 0.3 is 0 Å². The first-order valence-corrected chi connectivity index (χ1v) is 7.32. The van der Waals surface area contributed by atoms with E-state index in [9.17, 15) is 0 Å². The maximum absolute atomic E-state index is 5.33. The number of rotatable bonds is 4. The zero-order valence-corrected chi connectivity index (χ0v) is 12.6. The minimum atomic E-state index is 0.250. The molecule has 0 amide bonds. The van der Waals surface area contributed by atoms with Gasteiger partial charge in [0.25, 0.3) is 5.95 Å². The van der Waals surface area contributed by atoms with Crippen LogP contribution in [0.4, 0.5) is 5.95 Å². The number of hydrogen-bond acceptors (Lipinski definition) is 7. The van der Waals surface area contributed by atoms with E-state index in [0.717, 1.165) is 22.6 Å². The first-order chi connectivity index (χ1) is 11.9. The summed E-state index contributed by atoms with van der Waals surface area (Å²) in [6, 6.07) is 15.4. The molecule has 1 N–H and O–H groups in total. The van der Waals surface area contributed by atoms with Crippen molar-refractivity contribution in [2.24, 2.45) is 5.10 Å². The van der Waals surface area contributed by atoms with Crippen LogP contribution in [0.25, 0.3) is 11.3 Å². The Kier molecular flexibility index (Phi) is 3.73. The fourth-order valence-electron chi connectivity index (χ4n) is 2.26. The Bertz CT molecular complexity index is 883. The monoisotopic (exact) mass is 319 g/mol. The van der Waals surface area contributed by atoms with Crippen LogP contribution in [-0.4, -0.2) is 28.2 Å². The molecule has 0 atom stereocenters. The van der Waals surface area contributed by atoms with Crippen LogP contribution in [0, 0.1) is 0 Å². The molecule has 4 rings (SSSR count). The summed E-state index contributed by atoms with van der Waals surface area (Å²) in [5, 5.41) is 12.0. The summed E-state index contributed by atoms with van der Waals surface area (Å²) >= 11 is 0. The average molecular weight is 319 g/mol. The van der Waals surface area contributed by atoms with Crippen LogP contribution in [0.15, 0.2) is 59.8 Å². The zero-order valence-electron chi connectivity index (χ0n) is 12.6. The topological polar surface area (TPSA) is 81.5 Å². The number of nitrogens with zero attached hydrogens (tertiary/aromatic N) is 4. The van der Waals surface area contributed by atoms with Gasteiger partial charge in [-0.1, -0.05) is 30.3 Å². The van der Waals surface area contributed by atoms with Gasteiger partial charge in [-0.2, -0.15) is 10.2 Å². The molecule has 0 spiro atoms. The molecular weight excluding hydrogens is 306 g/mol. The largest absolute Gasteiger partial charge is 0.454 e. The van der Waals surface area contributed by atoms with Crippen LogP contribution in [0.2, 0.25) is 0 Å². The van der Waals surface area contributed by atoms with Gasteiger partial charge in [0.2, 0.25) is 6.79 Å². The van der Waals surface area contributed by atoms with Crippen molar-refractivity contribution in [3.05, 3.63) is 60.3 Å². The third kappa shape index (κ3) is 3.00. The standard InChI is InChI=1S/C17H13N5O2/c1-2-4-13(5-3-1)14-10-19-22-17(20-14)21-18-9-12-6-7-15-16(8-12)24-11-23-15/h1-10H,11H2,(H,20,21,22)/b18-9+. The van der Waals surface area contributed by atoms with E-state index < -0.39 is 0 Å². The van der Waals surface area contributed by atoms with Gasteiger partial charge in [-0.05, 0) is 23.8 Å². The smallest absolute Gasteiger partial charge is 0.263 e. The van der Waals surface area contributed by atoms with E-state index in [1.807, 2.05) is 48.5 Å². The SMILES string of the molecule is C(=N\Nc1nncc(-c2ccccc2)n1)/c1ccc2c(c1)OCO2. The molecule has 2 heterocycles. The number of hydrogen-bond donors (Lipinski definition) is 1. The zero-order chi connectivity index (χ0) is 16.2. The molecule has 118 valence electrons.